The Morgan fingerprint density at radius 3 is 2.86 bits per heavy atom. The predicted molar refractivity (Wildman–Crippen MR) is 78.6 cm³/mol. The molecule has 2 heterocycles. The van der Waals surface area contributed by atoms with E-state index in [1.54, 1.807) is 6.92 Å². The lowest BCUT2D eigenvalue weighted by Crippen LogP contribution is -2.27. The van der Waals surface area contributed by atoms with Crippen molar-refractivity contribution in [3.63, 3.8) is 0 Å². The van der Waals surface area contributed by atoms with Crippen LogP contribution in [0.15, 0.2) is 17.6 Å². The van der Waals surface area contributed by atoms with Crippen LogP contribution in [0.25, 0.3) is 0 Å². The van der Waals surface area contributed by atoms with Crippen molar-refractivity contribution in [3.8, 4) is 0 Å². The first-order chi connectivity index (χ1) is 9.88. The van der Waals surface area contributed by atoms with Crippen LogP contribution in [0, 0.1) is 17.0 Å². The van der Waals surface area contributed by atoms with Crippen LogP contribution in [0.4, 0.5) is 5.69 Å². The predicted octanol–water partition coefficient (Wildman–Crippen LogP) is 2.90. The van der Waals surface area contributed by atoms with E-state index in [4.69, 9.17) is 11.6 Å². The maximum absolute atomic E-state index is 12.2. The van der Waals surface area contributed by atoms with Crippen LogP contribution in [0.5, 0.6) is 0 Å². The van der Waals surface area contributed by atoms with Crippen LogP contribution in [0.3, 0.4) is 0 Å². The molecule has 2 rings (SSSR count). The van der Waals surface area contributed by atoms with Crippen molar-refractivity contribution in [2.45, 2.75) is 19.9 Å². The van der Waals surface area contributed by atoms with Crippen LogP contribution in [-0.4, -0.2) is 20.8 Å². The zero-order valence-corrected chi connectivity index (χ0v) is 12.7. The highest BCUT2D eigenvalue weighted by molar-refractivity contribution is 7.09. The molecule has 0 aliphatic carbocycles. The standard InChI is InChI=1S/C12H11ClN4O3S/c1-6-5-21-12(15-6)7(2)16-11(18)8-3-10(13)14-4-9(8)17(19)20/h3-5,7H,1-2H3,(H,16,18). The number of pyridine rings is 1. The highest BCUT2D eigenvalue weighted by atomic mass is 35.5. The molecule has 1 atom stereocenters. The maximum atomic E-state index is 12.2. The first-order valence-corrected chi connectivity index (χ1v) is 7.17. The van der Waals surface area contributed by atoms with Gasteiger partial charge in [0.15, 0.2) is 0 Å². The van der Waals surface area contributed by atoms with Gasteiger partial charge in [-0.15, -0.1) is 11.3 Å². The van der Waals surface area contributed by atoms with Crippen molar-refractivity contribution in [1.29, 1.82) is 0 Å². The molecule has 7 nitrogen and oxygen atoms in total. The summed E-state index contributed by atoms with van der Waals surface area (Å²) in [6.45, 7) is 3.60. The molecule has 1 N–H and O–H groups in total. The van der Waals surface area contributed by atoms with E-state index in [2.05, 4.69) is 15.3 Å². The number of aromatic nitrogens is 2. The third kappa shape index (κ3) is 3.53. The second-order valence-corrected chi connectivity index (χ2v) is 5.58. The molecule has 0 aromatic carbocycles. The van der Waals surface area contributed by atoms with E-state index in [1.807, 2.05) is 12.3 Å². The topological polar surface area (TPSA) is 98.0 Å². The van der Waals surface area contributed by atoms with Crippen LogP contribution in [-0.2, 0) is 0 Å². The van der Waals surface area contributed by atoms with E-state index in [-0.39, 0.29) is 22.4 Å². The number of rotatable bonds is 4. The van der Waals surface area contributed by atoms with Gasteiger partial charge in [-0.1, -0.05) is 11.6 Å². The van der Waals surface area contributed by atoms with E-state index >= 15 is 0 Å². The van der Waals surface area contributed by atoms with Gasteiger partial charge in [-0.2, -0.15) is 0 Å². The lowest BCUT2D eigenvalue weighted by atomic mass is 10.2. The Morgan fingerprint density at radius 1 is 1.57 bits per heavy atom. The number of nitrogens with one attached hydrogen (secondary N) is 1. The van der Waals surface area contributed by atoms with Crippen molar-refractivity contribution in [2.24, 2.45) is 0 Å². The number of amides is 1. The highest BCUT2D eigenvalue weighted by Crippen LogP contribution is 2.22. The second kappa shape index (κ2) is 6.15. The van der Waals surface area contributed by atoms with E-state index < -0.39 is 10.8 Å². The first kappa shape index (κ1) is 15.3. The summed E-state index contributed by atoms with van der Waals surface area (Å²) in [6.07, 6.45) is 0.968. The summed E-state index contributed by atoms with van der Waals surface area (Å²) in [6, 6.07) is 0.817. The van der Waals surface area contributed by atoms with Gasteiger partial charge in [0, 0.05) is 11.1 Å². The fourth-order valence-corrected chi connectivity index (χ4v) is 2.62. The Morgan fingerprint density at radius 2 is 2.29 bits per heavy atom. The lowest BCUT2D eigenvalue weighted by molar-refractivity contribution is -0.385. The van der Waals surface area contributed by atoms with Crippen molar-refractivity contribution >= 4 is 34.5 Å². The van der Waals surface area contributed by atoms with Crippen molar-refractivity contribution < 1.29 is 9.72 Å². The van der Waals surface area contributed by atoms with Crippen LogP contribution >= 0.6 is 22.9 Å². The van der Waals surface area contributed by atoms with Crippen molar-refractivity contribution in [3.05, 3.63) is 49.2 Å². The Kier molecular flexibility index (Phi) is 4.49. The van der Waals surface area contributed by atoms with Gasteiger partial charge in [-0.3, -0.25) is 14.9 Å². The van der Waals surface area contributed by atoms with E-state index in [0.29, 0.717) is 0 Å². The number of carbonyl (C=O) groups excluding carboxylic acids is 1. The van der Waals surface area contributed by atoms with Crippen molar-refractivity contribution in [1.82, 2.24) is 15.3 Å². The zero-order valence-electron chi connectivity index (χ0n) is 11.2. The number of thiazole rings is 1. The summed E-state index contributed by atoms with van der Waals surface area (Å²) < 4.78 is 0. The minimum absolute atomic E-state index is 0.0171. The third-order valence-electron chi connectivity index (χ3n) is 2.65. The largest absolute Gasteiger partial charge is 0.343 e. The molecule has 9 heteroatoms. The van der Waals surface area contributed by atoms with Gasteiger partial charge >= 0.3 is 0 Å². The van der Waals surface area contributed by atoms with E-state index in [9.17, 15) is 14.9 Å². The van der Waals surface area contributed by atoms with Gasteiger partial charge in [0.2, 0.25) is 0 Å². The summed E-state index contributed by atoms with van der Waals surface area (Å²) in [5.74, 6) is -0.591. The van der Waals surface area contributed by atoms with Crippen molar-refractivity contribution in [2.75, 3.05) is 0 Å². The lowest BCUT2D eigenvalue weighted by Gasteiger charge is -2.11. The second-order valence-electron chi connectivity index (χ2n) is 4.30. The molecule has 110 valence electrons. The SMILES string of the molecule is Cc1csc(C(C)NC(=O)c2cc(Cl)ncc2[N+](=O)[O-])n1. The van der Waals surface area contributed by atoms with Gasteiger partial charge in [0.05, 0.1) is 11.0 Å². The molecule has 0 spiro atoms. The molecule has 0 aliphatic rings. The van der Waals surface area contributed by atoms with Crippen LogP contribution in [0.2, 0.25) is 5.15 Å². The van der Waals surface area contributed by atoms with Gasteiger partial charge < -0.3 is 5.32 Å². The Hall–Kier alpha value is -2.06. The van der Waals surface area contributed by atoms with Gasteiger partial charge in [0.25, 0.3) is 11.6 Å². The molecule has 0 fully saturated rings. The minimum Gasteiger partial charge on any atom is -0.343 e. The molecule has 0 radical (unpaired) electrons. The number of nitro groups is 1. The highest BCUT2D eigenvalue weighted by Gasteiger charge is 2.23. The summed E-state index contributed by atoms with van der Waals surface area (Å²) in [7, 11) is 0. The molecule has 2 aromatic rings. The normalized spacial score (nSPS) is 12.0. The molecule has 0 bridgehead atoms. The Balaban J connectivity index is 2.24. The third-order valence-corrected chi connectivity index (χ3v) is 4.00. The molecule has 21 heavy (non-hydrogen) atoms. The molecule has 1 unspecified atom stereocenters. The number of aryl methyl sites for hydroxylation is 1. The minimum atomic E-state index is -0.670. The first-order valence-electron chi connectivity index (χ1n) is 5.91. The average Bonchev–Trinajstić information content (AvgIpc) is 2.85. The molecule has 1 amide bonds. The summed E-state index contributed by atoms with van der Waals surface area (Å²) in [4.78, 5) is 30.3. The molecular weight excluding hydrogens is 316 g/mol. The Labute approximate surface area is 129 Å². The maximum Gasteiger partial charge on any atom is 0.300 e. The number of nitrogens with zero attached hydrogens (tertiary/aromatic N) is 3. The summed E-state index contributed by atoms with van der Waals surface area (Å²) in [5, 5.41) is 16.2. The quantitative estimate of drug-likeness (QED) is 0.529. The monoisotopic (exact) mass is 326 g/mol. The number of carbonyl (C=O) groups is 1. The van der Waals surface area contributed by atoms with Gasteiger partial charge in [-0.05, 0) is 19.9 Å². The molecule has 0 aliphatic heterocycles. The molecule has 0 saturated heterocycles. The summed E-state index contributed by atoms with van der Waals surface area (Å²) >= 11 is 7.11. The van der Waals surface area contributed by atoms with Gasteiger partial charge in [0.1, 0.15) is 21.9 Å². The fraction of sp³-hybridized carbons (Fsp3) is 0.250. The smallest absolute Gasteiger partial charge is 0.300 e. The molecule has 2 aromatic heterocycles. The average molecular weight is 327 g/mol. The number of halogens is 1. The fourth-order valence-electron chi connectivity index (χ4n) is 1.66. The van der Waals surface area contributed by atoms with E-state index in [1.165, 1.54) is 17.4 Å². The number of hydrogen-bond donors (Lipinski definition) is 1. The van der Waals surface area contributed by atoms with Gasteiger partial charge in [-0.25, -0.2) is 9.97 Å². The molecule has 0 saturated carbocycles. The molecular formula is C12H11ClN4O3S. The zero-order chi connectivity index (χ0) is 15.6. The number of hydrogen-bond acceptors (Lipinski definition) is 6. The van der Waals surface area contributed by atoms with E-state index in [0.717, 1.165) is 16.9 Å². The van der Waals surface area contributed by atoms with Crippen LogP contribution in [0.1, 0.15) is 34.0 Å². The van der Waals surface area contributed by atoms with Crippen LogP contribution < -0.4 is 5.32 Å². The Bertz CT molecular complexity index is 704. The summed E-state index contributed by atoms with van der Waals surface area (Å²) in [5.41, 5.74) is 0.341.